The highest BCUT2D eigenvalue weighted by Gasteiger charge is 2.52. The Morgan fingerprint density at radius 1 is 1.25 bits per heavy atom. The van der Waals surface area contributed by atoms with Gasteiger partial charge in [-0.1, -0.05) is 49.4 Å². The number of allylic oxidation sites excluding steroid dienone is 2. The number of rotatable bonds is 6. The van der Waals surface area contributed by atoms with E-state index in [0.29, 0.717) is 29.8 Å². The van der Waals surface area contributed by atoms with E-state index < -0.39 is 36.0 Å². The lowest BCUT2D eigenvalue weighted by atomic mass is 9.87. The highest BCUT2D eigenvalue weighted by atomic mass is 16.5. The Bertz CT molecular complexity index is 807. The number of hydrogen-bond acceptors (Lipinski definition) is 5. The summed E-state index contributed by atoms with van der Waals surface area (Å²) in [5.41, 5.74) is 1.63. The van der Waals surface area contributed by atoms with Crippen LogP contribution in [0.25, 0.3) is 0 Å². The van der Waals surface area contributed by atoms with Gasteiger partial charge in [-0.15, -0.1) is 0 Å². The number of hydrazine groups is 1. The second-order valence-corrected chi connectivity index (χ2v) is 6.82. The first-order valence-electron chi connectivity index (χ1n) is 9.31. The number of carbonyl (C=O) groups is 4. The topological polar surface area (TPSA) is 105 Å². The molecule has 1 aliphatic carbocycles. The SMILES string of the molecule is CC[C@@]1(c2ccccc2)NC(=O)N(NC(=O)COC(=O)[C@@H]2CC=CCC2)C1=O. The third kappa shape index (κ3) is 3.76. The van der Waals surface area contributed by atoms with Crippen LogP contribution in [0, 0.1) is 5.92 Å². The first-order valence-corrected chi connectivity index (χ1v) is 9.31. The van der Waals surface area contributed by atoms with E-state index in [1.165, 1.54) is 0 Å². The molecular formula is C20H23N3O5. The predicted molar refractivity (Wildman–Crippen MR) is 99.4 cm³/mol. The van der Waals surface area contributed by atoms with Crippen LogP contribution in [0.5, 0.6) is 0 Å². The Morgan fingerprint density at radius 3 is 2.64 bits per heavy atom. The van der Waals surface area contributed by atoms with Crippen LogP contribution in [-0.2, 0) is 24.7 Å². The monoisotopic (exact) mass is 385 g/mol. The number of imide groups is 1. The summed E-state index contributed by atoms with van der Waals surface area (Å²) in [6.07, 6.45) is 6.30. The summed E-state index contributed by atoms with van der Waals surface area (Å²) in [4.78, 5) is 49.4. The van der Waals surface area contributed by atoms with Crippen molar-refractivity contribution in [2.45, 2.75) is 38.1 Å². The van der Waals surface area contributed by atoms with Gasteiger partial charge in [-0.25, -0.2) is 4.79 Å². The zero-order valence-corrected chi connectivity index (χ0v) is 15.6. The highest BCUT2D eigenvalue weighted by Crippen LogP contribution is 2.31. The summed E-state index contributed by atoms with van der Waals surface area (Å²) in [5, 5.41) is 3.31. The van der Waals surface area contributed by atoms with E-state index in [9.17, 15) is 19.2 Å². The summed E-state index contributed by atoms with van der Waals surface area (Å²) in [7, 11) is 0. The zero-order valence-electron chi connectivity index (χ0n) is 15.6. The van der Waals surface area contributed by atoms with E-state index in [4.69, 9.17) is 4.74 Å². The molecular weight excluding hydrogens is 362 g/mol. The number of nitrogens with zero attached hydrogens (tertiary/aromatic N) is 1. The molecule has 1 aromatic rings. The van der Waals surface area contributed by atoms with Crippen LogP contribution in [0.2, 0.25) is 0 Å². The largest absolute Gasteiger partial charge is 0.455 e. The van der Waals surface area contributed by atoms with E-state index in [2.05, 4.69) is 10.7 Å². The second kappa shape index (κ2) is 8.24. The smallest absolute Gasteiger partial charge is 0.344 e. The Labute approximate surface area is 162 Å². The molecule has 2 atom stereocenters. The summed E-state index contributed by atoms with van der Waals surface area (Å²) < 4.78 is 5.03. The van der Waals surface area contributed by atoms with Crippen molar-refractivity contribution in [3.05, 3.63) is 48.0 Å². The molecule has 0 radical (unpaired) electrons. The molecule has 0 saturated carbocycles. The third-order valence-electron chi connectivity index (χ3n) is 5.07. The number of ether oxygens (including phenoxy) is 1. The molecule has 8 nitrogen and oxygen atoms in total. The van der Waals surface area contributed by atoms with Crippen molar-refractivity contribution in [2.75, 3.05) is 6.61 Å². The fraction of sp³-hybridized carbons (Fsp3) is 0.400. The normalized spacial score (nSPS) is 24.0. The van der Waals surface area contributed by atoms with Crippen molar-refractivity contribution >= 4 is 23.8 Å². The fourth-order valence-electron chi connectivity index (χ4n) is 3.46. The molecule has 8 heteroatoms. The lowest BCUT2D eigenvalue weighted by molar-refractivity contribution is -0.154. The molecule has 2 N–H and O–H groups in total. The maximum absolute atomic E-state index is 12.9. The van der Waals surface area contributed by atoms with E-state index in [-0.39, 0.29) is 5.92 Å². The summed E-state index contributed by atoms with van der Waals surface area (Å²) in [6.45, 7) is 1.22. The van der Waals surface area contributed by atoms with E-state index in [0.717, 1.165) is 6.42 Å². The average molecular weight is 385 g/mol. The number of nitrogens with one attached hydrogen (secondary N) is 2. The van der Waals surface area contributed by atoms with Crippen molar-refractivity contribution in [1.82, 2.24) is 15.8 Å². The summed E-state index contributed by atoms with van der Waals surface area (Å²) >= 11 is 0. The lowest BCUT2D eigenvalue weighted by Crippen LogP contribution is -2.49. The minimum atomic E-state index is -1.24. The minimum Gasteiger partial charge on any atom is -0.455 e. The van der Waals surface area contributed by atoms with E-state index in [1.54, 1.807) is 31.2 Å². The summed E-state index contributed by atoms with van der Waals surface area (Å²) in [6, 6.07) is 8.11. The molecule has 148 valence electrons. The van der Waals surface area contributed by atoms with Gasteiger partial charge in [-0.05, 0) is 31.2 Å². The Hall–Kier alpha value is -3.16. The molecule has 0 unspecified atom stereocenters. The summed E-state index contributed by atoms with van der Waals surface area (Å²) in [5.74, 6) is -2.05. The van der Waals surface area contributed by atoms with Gasteiger partial charge >= 0.3 is 12.0 Å². The van der Waals surface area contributed by atoms with Crippen LogP contribution in [0.3, 0.4) is 0 Å². The fourth-order valence-corrected chi connectivity index (χ4v) is 3.46. The van der Waals surface area contributed by atoms with Gasteiger partial charge in [0.15, 0.2) is 6.61 Å². The molecule has 2 aliphatic rings. The molecule has 1 fully saturated rings. The van der Waals surface area contributed by atoms with Crippen LogP contribution in [0.4, 0.5) is 4.79 Å². The quantitative estimate of drug-likeness (QED) is 0.441. The first kappa shape index (κ1) is 19.6. The standard InChI is InChI=1S/C20H23N3O5/c1-2-20(15-11-7-4-8-12-15)18(26)23(19(27)21-20)22-16(24)13-28-17(25)14-9-5-3-6-10-14/h3-5,7-8,11-12,14H,2,6,9-10,13H2,1H3,(H,21,27)(H,22,24)/t14-,20+/m1/s1. The molecule has 0 bridgehead atoms. The van der Waals surface area contributed by atoms with Crippen LogP contribution in [-0.4, -0.2) is 35.4 Å². The zero-order chi connectivity index (χ0) is 20.1. The van der Waals surface area contributed by atoms with Gasteiger partial charge in [-0.3, -0.25) is 19.8 Å². The van der Waals surface area contributed by atoms with Crippen molar-refractivity contribution in [1.29, 1.82) is 0 Å². The average Bonchev–Trinajstić information content (AvgIpc) is 2.98. The number of urea groups is 1. The van der Waals surface area contributed by atoms with Crippen molar-refractivity contribution < 1.29 is 23.9 Å². The lowest BCUT2D eigenvalue weighted by Gasteiger charge is -2.25. The Kier molecular flexibility index (Phi) is 5.77. The molecule has 1 saturated heterocycles. The molecule has 4 amide bonds. The van der Waals surface area contributed by atoms with Gasteiger partial charge in [0.25, 0.3) is 11.8 Å². The van der Waals surface area contributed by atoms with Crippen LogP contribution < -0.4 is 10.7 Å². The number of benzene rings is 1. The van der Waals surface area contributed by atoms with Gasteiger partial charge in [0.2, 0.25) is 0 Å². The van der Waals surface area contributed by atoms with Crippen LogP contribution >= 0.6 is 0 Å². The Morgan fingerprint density at radius 2 is 2.00 bits per heavy atom. The number of carbonyl (C=O) groups excluding carboxylic acids is 4. The third-order valence-corrected chi connectivity index (χ3v) is 5.07. The van der Waals surface area contributed by atoms with Crippen LogP contribution in [0.1, 0.15) is 38.2 Å². The highest BCUT2D eigenvalue weighted by molar-refractivity contribution is 6.08. The van der Waals surface area contributed by atoms with Gasteiger partial charge in [0.05, 0.1) is 5.92 Å². The first-order chi connectivity index (χ1) is 13.5. The van der Waals surface area contributed by atoms with Gasteiger partial charge in [0, 0.05) is 0 Å². The second-order valence-electron chi connectivity index (χ2n) is 6.82. The number of amides is 4. The van der Waals surface area contributed by atoms with Gasteiger partial charge in [-0.2, -0.15) is 5.01 Å². The molecule has 1 heterocycles. The van der Waals surface area contributed by atoms with Crippen molar-refractivity contribution in [3.8, 4) is 0 Å². The van der Waals surface area contributed by atoms with E-state index >= 15 is 0 Å². The van der Waals surface area contributed by atoms with Crippen LogP contribution in [0.15, 0.2) is 42.5 Å². The molecule has 3 rings (SSSR count). The van der Waals surface area contributed by atoms with Crippen molar-refractivity contribution in [3.63, 3.8) is 0 Å². The molecule has 0 aromatic heterocycles. The minimum absolute atomic E-state index is 0.264. The molecule has 0 spiro atoms. The Balaban J connectivity index is 1.61. The number of hydrogen-bond donors (Lipinski definition) is 2. The number of esters is 1. The molecule has 1 aromatic carbocycles. The molecule has 1 aliphatic heterocycles. The van der Waals surface area contributed by atoms with Gasteiger partial charge < -0.3 is 10.1 Å². The van der Waals surface area contributed by atoms with Gasteiger partial charge in [0.1, 0.15) is 5.54 Å². The predicted octanol–water partition coefficient (Wildman–Crippen LogP) is 1.77. The van der Waals surface area contributed by atoms with Crippen molar-refractivity contribution in [2.24, 2.45) is 5.92 Å². The maximum atomic E-state index is 12.9. The maximum Gasteiger partial charge on any atom is 0.344 e. The molecule has 28 heavy (non-hydrogen) atoms. The van der Waals surface area contributed by atoms with E-state index in [1.807, 2.05) is 18.2 Å².